The smallest absolute Gasteiger partial charge is 0.254 e. The van der Waals surface area contributed by atoms with Crippen molar-refractivity contribution in [1.29, 1.82) is 0 Å². The van der Waals surface area contributed by atoms with Crippen molar-refractivity contribution in [1.82, 2.24) is 4.98 Å². The summed E-state index contributed by atoms with van der Waals surface area (Å²) in [5, 5.41) is 3.24. The zero-order chi connectivity index (χ0) is 13.8. The van der Waals surface area contributed by atoms with Crippen molar-refractivity contribution >= 4 is 34.0 Å². The van der Waals surface area contributed by atoms with Crippen LogP contribution in [0.15, 0.2) is 29.6 Å². The van der Waals surface area contributed by atoms with Gasteiger partial charge in [0.2, 0.25) is 0 Å². The number of rotatable bonds is 4. The number of thiazole rings is 1. The van der Waals surface area contributed by atoms with Gasteiger partial charge in [-0.2, -0.15) is 0 Å². The van der Waals surface area contributed by atoms with Crippen LogP contribution in [-0.4, -0.2) is 31.7 Å². The molecule has 0 atom stereocenters. The topological polar surface area (TPSA) is 42.4 Å². The van der Waals surface area contributed by atoms with Gasteiger partial charge in [0, 0.05) is 30.1 Å². The van der Waals surface area contributed by atoms with E-state index < -0.39 is 0 Å². The molecule has 19 heavy (non-hydrogen) atoms. The van der Waals surface area contributed by atoms with E-state index in [2.05, 4.69) is 4.98 Å². The van der Waals surface area contributed by atoms with Crippen LogP contribution in [0.4, 0.5) is 5.13 Å². The standard InChI is InChI=1S/C13H13ClN2O2S/c1-16(12(17)7-18-2)13-15-11(8-19-13)9-3-5-10(14)6-4-9/h3-6,8H,7H2,1-2H3. The Morgan fingerprint density at radius 3 is 2.74 bits per heavy atom. The molecule has 2 rings (SSSR count). The Labute approximate surface area is 120 Å². The molecule has 0 fully saturated rings. The van der Waals surface area contributed by atoms with E-state index in [1.807, 2.05) is 29.6 Å². The van der Waals surface area contributed by atoms with Gasteiger partial charge in [0.1, 0.15) is 6.61 Å². The van der Waals surface area contributed by atoms with Gasteiger partial charge in [-0.1, -0.05) is 23.7 Å². The van der Waals surface area contributed by atoms with Gasteiger partial charge in [0.15, 0.2) is 5.13 Å². The predicted molar refractivity (Wildman–Crippen MR) is 77.8 cm³/mol. The average molecular weight is 297 g/mol. The van der Waals surface area contributed by atoms with Crippen LogP contribution in [0.5, 0.6) is 0 Å². The van der Waals surface area contributed by atoms with E-state index >= 15 is 0 Å². The summed E-state index contributed by atoms with van der Waals surface area (Å²) in [4.78, 5) is 17.6. The fraction of sp³-hybridized carbons (Fsp3) is 0.231. The first-order valence-corrected chi connectivity index (χ1v) is 6.84. The lowest BCUT2D eigenvalue weighted by Crippen LogP contribution is -2.29. The summed E-state index contributed by atoms with van der Waals surface area (Å²) in [6.45, 7) is 0.0480. The summed E-state index contributed by atoms with van der Waals surface area (Å²) >= 11 is 7.26. The van der Waals surface area contributed by atoms with Gasteiger partial charge in [-0.15, -0.1) is 11.3 Å². The summed E-state index contributed by atoms with van der Waals surface area (Å²) in [5.74, 6) is -0.125. The molecule has 0 bridgehead atoms. The minimum atomic E-state index is -0.125. The molecule has 4 nitrogen and oxygen atoms in total. The Hall–Kier alpha value is -1.43. The molecule has 1 amide bonds. The largest absolute Gasteiger partial charge is 0.375 e. The monoisotopic (exact) mass is 296 g/mol. The highest BCUT2D eigenvalue weighted by Gasteiger charge is 2.14. The summed E-state index contributed by atoms with van der Waals surface area (Å²) in [5.41, 5.74) is 1.80. The van der Waals surface area contributed by atoms with E-state index in [1.54, 1.807) is 7.05 Å². The average Bonchev–Trinajstić information content (AvgIpc) is 2.88. The number of carbonyl (C=O) groups excluding carboxylic acids is 1. The minimum absolute atomic E-state index is 0.0480. The second-order valence-corrected chi connectivity index (χ2v) is 5.18. The number of anilines is 1. The van der Waals surface area contributed by atoms with E-state index in [1.165, 1.54) is 23.3 Å². The number of aromatic nitrogens is 1. The zero-order valence-corrected chi connectivity index (χ0v) is 12.2. The number of ether oxygens (including phenoxy) is 1. The Kier molecular flexibility index (Phi) is 4.52. The van der Waals surface area contributed by atoms with Crippen LogP contribution in [0.3, 0.4) is 0 Å². The third-order valence-electron chi connectivity index (χ3n) is 2.56. The number of amides is 1. The summed E-state index contributed by atoms with van der Waals surface area (Å²) in [6.07, 6.45) is 0. The van der Waals surface area contributed by atoms with Crippen LogP contribution in [0, 0.1) is 0 Å². The Morgan fingerprint density at radius 1 is 1.42 bits per heavy atom. The molecule has 0 saturated heterocycles. The second-order valence-electron chi connectivity index (χ2n) is 3.91. The van der Waals surface area contributed by atoms with Crippen molar-refractivity contribution in [2.24, 2.45) is 0 Å². The molecule has 0 N–H and O–H groups in total. The molecule has 0 unspecified atom stereocenters. The number of likely N-dealkylation sites (N-methyl/N-ethyl adjacent to an activating group) is 1. The normalized spacial score (nSPS) is 10.5. The van der Waals surface area contributed by atoms with Crippen molar-refractivity contribution in [2.45, 2.75) is 0 Å². The number of carbonyl (C=O) groups is 1. The van der Waals surface area contributed by atoms with Gasteiger partial charge in [-0.25, -0.2) is 4.98 Å². The third kappa shape index (κ3) is 3.32. The molecule has 0 radical (unpaired) electrons. The van der Waals surface area contributed by atoms with E-state index in [9.17, 15) is 4.79 Å². The maximum atomic E-state index is 11.7. The maximum absolute atomic E-state index is 11.7. The molecule has 0 aliphatic carbocycles. The van der Waals surface area contributed by atoms with Crippen LogP contribution in [0.1, 0.15) is 0 Å². The molecule has 0 saturated carbocycles. The van der Waals surface area contributed by atoms with Gasteiger partial charge in [-0.05, 0) is 12.1 Å². The van der Waals surface area contributed by atoms with E-state index in [-0.39, 0.29) is 12.5 Å². The van der Waals surface area contributed by atoms with Crippen LogP contribution in [0.2, 0.25) is 5.02 Å². The first kappa shape index (κ1) is 14.0. The van der Waals surface area contributed by atoms with E-state index in [0.717, 1.165) is 11.3 Å². The predicted octanol–water partition coefficient (Wildman–Crippen LogP) is 3.07. The number of halogens is 1. The summed E-state index contributed by atoms with van der Waals surface area (Å²) in [7, 11) is 3.18. The lowest BCUT2D eigenvalue weighted by Gasteiger charge is -2.12. The molecule has 0 spiro atoms. The number of nitrogens with zero attached hydrogens (tertiary/aromatic N) is 2. The molecule has 2 aromatic rings. The van der Waals surface area contributed by atoms with Crippen LogP contribution < -0.4 is 4.90 Å². The van der Waals surface area contributed by atoms with Crippen molar-refractivity contribution in [3.8, 4) is 11.3 Å². The van der Waals surface area contributed by atoms with Crippen molar-refractivity contribution in [2.75, 3.05) is 25.7 Å². The second kappa shape index (κ2) is 6.14. The van der Waals surface area contributed by atoms with Crippen molar-refractivity contribution in [3.05, 3.63) is 34.7 Å². The van der Waals surface area contributed by atoms with Gasteiger partial charge < -0.3 is 4.74 Å². The molecular formula is C13H13ClN2O2S. The molecular weight excluding hydrogens is 284 g/mol. The summed E-state index contributed by atoms with van der Waals surface area (Å²) < 4.78 is 4.82. The molecule has 100 valence electrons. The van der Waals surface area contributed by atoms with Gasteiger partial charge in [-0.3, -0.25) is 9.69 Å². The zero-order valence-electron chi connectivity index (χ0n) is 10.6. The first-order valence-electron chi connectivity index (χ1n) is 5.59. The third-order valence-corrected chi connectivity index (χ3v) is 3.73. The lowest BCUT2D eigenvalue weighted by molar-refractivity contribution is -0.121. The summed E-state index contributed by atoms with van der Waals surface area (Å²) in [6, 6.07) is 7.43. The molecule has 0 aliphatic rings. The van der Waals surface area contributed by atoms with Crippen molar-refractivity contribution < 1.29 is 9.53 Å². The number of methoxy groups -OCH3 is 1. The molecule has 6 heteroatoms. The fourth-order valence-corrected chi connectivity index (χ4v) is 2.44. The van der Waals surface area contributed by atoms with Crippen LogP contribution >= 0.6 is 22.9 Å². The Balaban J connectivity index is 2.19. The number of hydrogen-bond acceptors (Lipinski definition) is 4. The maximum Gasteiger partial charge on any atom is 0.254 e. The van der Waals surface area contributed by atoms with Gasteiger partial charge in [0.05, 0.1) is 5.69 Å². The Bertz CT molecular complexity index is 568. The molecule has 1 heterocycles. The van der Waals surface area contributed by atoms with E-state index in [4.69, 9.17) is 16.3 Å². The minimum Gasteiger partial charge on any atom is -0.375 e. The number of benzene rings is 1. The molecule has 0 aliphatic heterocycles. The lowest BCUT2D eigenvalue weighted by atomic mass is 10.2. The van der Waals surface area contributed by atoms with Crippen molar-refractivity contribution in [3.63, 3.8) is 0 Å². The SMILES string of the molecule is COCC(=O)N(C)c1nc(-c2ccc(Cl)cc2)cs1. The number of hydrogen-bond donors (Lipinski definition) is 0. The van der Waals surface area contributed by atoms with Crippen LogP contribution in [-0.2, 0) is 9.53 Å². The highest BCUT2D eigenvalue weighted by molar-refractivity contribution is 7.14. The fourth-order valence-electron chi connectivity index (χ4n) is 1.50. The quantitative estimate of drug-likeness (QED) is 0.871. The highest BCUT2D eigenvalue weighted by atomic mass is 35.5. The molecule has 1 aromatic carbocycles. The van der Waals surface area contributed by atoms with Crippen LogP contribution in [0.25, 0.3) is 11.3 Å². The Morgan fingerprint density at radius 2 is 2.11 bits per heavy atom. The van der Waals surface area contributed by atoms with E-state index in [0.29, 0.717) is 10.2 Å². The molecule has 1 aromatic heterocycles. The van der Waals surface area contributed by atoms with Gasteiger partial charge >= 0.3 is 0 Å². The van der Waals surface area contributed by atoms with Gasteiger partial charge in [0.25, 0.3) is 5.91 Å². The highest BCUT2D eigenvalue weighted by Crippen LogP contribution is 2.27. The first-order chi connectivity index (χ1) is 9.11.